The predicted molar refractivity (Wildman–Crippen MR) is 86.4 cm³/mol. The molecule has 0 radical (unpaired) electrons. The van der Waals surface area contributed by atoms with Crippen LogP contribution in [-0.4, -0.2) is 56.6 Å². The highest BCUT2D eigenvalue weighted by molar-refractivity contribution is 6.31. The topological polar surface area (TPSA) is 18.5 Å². The number of hydrogen-bond donors (Lipinski definition) is 1. The first-order chi connectivity index (χ1) is 9.70. The van der Waals surface area contributed by atoms with Crippen molar-refractivity contribution in [2.24, 2.45) is 0 Å². The fourth-order valence-corrected chi connectivity index (χ4v) is 3.12. The molecule has 0 bridgehead atoms. The van der Waals surface area contributed by atoms with Gasteiger partial charge in [-0.3, -0.25) is 0 Å². The van der Waals surface area contributed by atoms with Crippen molar-refractivity contribution in [3.8, 4) is 0 Å². The van der Waals surface area contributed by atoms with Crippen LogP contribution in [0.15, 0.2) is 24.3 Å². The van der Waals surface area contributed by atoms with Gasteiger partial charge in [0.05, 0.1) is 0 Å². The second-order valence-corrected chi connectivity index (χ2v) is 6.06. The van der Waals surface area contributed by atoms with E-state index in [2.05, 4.69) is 34.3 Å². The molecular weight excluding hydrogens is 270 g/mol. The Bertz CT molecular complexity index is 410. The molecule has 1 aliphatic heterocycles. The second-order valence-electron chi connectivity index (χ2n) is 5.65. The van der Waals surface area contributed by atoms with Gasteiger partial charge >= 0.3 is 0 Å². The Morgan fingerprint density at radius 1 is 1.20 bits per heavy atom. The maximum Gasteiger partial charge on any atom is 0.0453 e. The monoisotopic (exact) mass is 295 g/mol. The predicted octanol–water partition coefficient (Wildman–Crippen LogP) is 2.63. The van der Waals surface area contributed by atoms with Crippen LogP contribution in [0.5, 0.6) is 0 Å². The van der Waals surface area contributed by atoms with Crippen LogP contribution in [0, 0.1) is 0 Å². The molecule has 3 nitrogen and oxygen atoms in total. The minimum absolute atomic E-state index is 0.338. The Hall–Kier alpha value is -0.610. The summed E-state index contributed by atoms with van der Waals surface area (Å²) in [6, 6.07) is 8.49. The minimum atomic E-state index is 0.338. The summed E-state index contributed by atoms with van der Waals surface area (Å²) in [4.78, 5) is 4.99. The van der Waals surface area contributed by atoms with Gasteiger partial charge in [0.15, 0.2) is 0 Å². The van der Waals surface area contributed by atoms with E-state index in [4.69, 9.17) is 11.6 Å². The Morgan fingerprint density at radius 2 is 2.00 bits per heavy atom. The van der Waals surface area contributed by atoms with E-state index in [1.807, 2.05) is 19.2 Å². The van der Waals surface area contributed by atoms with Crippen molar-refractivity contribution in [1.29, 1.82) is 0 Å². The first kappa shape index (κ1) is 15.8. The molecule has 1 atom stereocenters. The third kappa shape index (κ3) is 4.45. The highest BCUT2D eigenvalue weighted by atomic mass is 35.5. The first-order valence-corrected chi connectivity index (χ1v) is 7.91. The van der Waals surface area contributed by atoms with E-state index in [1.54, 1.807) is 0 Å². The lowest BCUT2D eigenvalue weighted by Crippen LogP contribution is -2.32. The molecule has 1 aromatic carbocycles. The number of likely N-dealkylation sites (N-methyl/N-ethyl adjacent to an activating group) is 1. The molecule has 0 amide bonds. The molecule has 0 aromatic heterocycles. The van der Waals surface area contributed by atoms with Crippen LogP contribution in [0.1, 0.15) is 24.4 Å². The molecule has 1 N–H and O–H groups in total. The zero-order chi connectivity index (χ0) is 14.4. The minimum Gasteiger partial charge on any atom is -0.313 e. The average molecular weight is 296 g/mol. The van der Waals surface area contributed by atoms with Gasteiger partial charge in [-0.2, -0.15) is 0 Å². The highest BCUT2D eigenvalue weighted by Gasteiger charge is 2.16. The zero-order valence-electron chi connectivity index (χ0n) is 12.6. The Balaban J connectivity index is 1.89. The van der Waals surface area contributed by atoms with Crippen molar-refractivity contribution in [2.45, 2.75) is 18.9 Å². The lowest BCUT2D eigenvalue weighted by atomic mass is 10.0. The number of nitrogens with zero attached hydrogens (tertiary/aromatic N) is 2. The van der Waals surface area contributed by atoms with E-state index in [9.17, 15) is 0 Å². The van der Waals surface area contributed by atoms with E-state index < -0.39 is 0 Å². The first-order valence-electron chi connectivity index (χ1n) is 7.53. The van der Waals surface area contributed by atoms with Gasteiger partial charge in [-0.25, -0.2) is 0 Å². The number of hydrogen-bond acceptors (Lipinski definition) is 3. The fourth-order valence-electron chi connectivity index (χ4n) is 2.85. The smallest absolute Gasteiger partial charge is 0.0453 e. The third-order valence-corrected chi connectivity index (χ3v) is 4.52. The molecule has 1 aliphatic rings. The van der Waals surface area contributed by atoms with Crippen molar-refractivity contribution in [3.05, 3.63) is 34.9 Å². The molecule has 0 aliphatic carbocycles. The van der Waals surface area contributed by atoms with Gasteiger partial charge in [0.25, 0.3) is 0 Å². The van der Waals surface area contributed by atoms with Crippen LogP contribution < -0.4 is 5.32 Å². The third-order valence-electron chi connectivity index (χ3n) is 4.18. The highest BCUT2D eigenvalue weighted by Crippen LogP contribution is 2.25. The molecule has 1 aromatic rings. The van der Waals surface area contributed by atoms with E-state index in [1.165, 1.54) is 38.2 Å². The fraction of sp³-hybridized carbons (Fsp3) is 0.625. The molecule has 2 rings (SSSR count). The maximum absolute atomic E-state index is 6.30. The Labute approximate surface area is 127 Å². The number of rotatable bonds is 5. The van der Waals surface area contributed by atoms with E-state index in [0.717, 1.165) is 18.0 Å². The van der Waals surface area contributed by atoms with Gasteiger partial charge in [-0.15, -0.1) is 0 Å². The molecular formula is C16H26ClN3. The molecule has 20 heavy (non-hydrogen) atoms. The number of halogens is 1. The van der Waals surface area contributed by atoms with Gasteiger partial charge in [0, 0.05) is 24.2 Å². The largest absolute Gasteiger partial charge is 0.313 e. The molecule has 4 heteroatoms. The molecule has 0 saturated carbocycles. The van der Waals surface area contributed by atoms with Crippen molar-refractivity contribution in [3.63, 3.8) is 0 Å². The summed E-state index contributed by atoms with van der Waals surface area (Å²) < 4.78 is 0. The van der Waals surface area contributed by atoms with Gasteiger partial charge in [0.2, 0.25) is 0 Å². The quantitative estimate of drug-likeness (QED) is 0.901. The van der Waals surface area contributed by atoms with Gasteiger partial charge in [-0.05, 0) is 58.2 Å². The maximum atomic E-state index is 6.30. The Kier molecular flexibility index (Phi) is 6.30. The summed E-state index contributed by atoms with van der Waals surface area (Å²) >= 11 is 6.30. The normalized spacial score (nSPS) is 19.8. The van der Waals surface area contributed by atoms with Crippen molar-refractivity contribution in [1.82, 2.24) is 15.1 Å². The van der Waals surface area contributed by atoms with Crippen LogP contribution in [0.2, 0.25) is 5.02 Å². The SMILES string of the molecule is CNC(CCN1CCCN(C)CC1)c1ccccc1Cl. The van der Waals surface area contributed by atoms with E-state index in [0.29, 0.717) is 6.04 Å². The van der Waals surface area contributed by atoms with E-state index >= 15 is 0 Å². The van der Waals surface area contributed by atoms with Gasteiger partial charge in [-0.1, -0.05) is 29.8 Å². The molecule has 1 unspecified atom stereocenters. The standard InChI is InChI=1S/C16H26ClN3/c1-18-16(14-6-3-4-7-15(14)17)8-11-20-10-5-9-19(2)12-13-20/h3-4,6-7,16,18H,5,8-13H2,1-2H3. The summed E-state index contributed by atoms with van der Waals surface area (Å²) in [5.41, 5.74) is 1.21. The molecule has 1 heterocycles. The van der Waals surface area contributed by atoms with Crippen molar-refractivity contribution in [2.75, 3.05) is 46.8 Å². The van der Waals surface area contributed by atoms with Crippen LogP contribution in [0.4, 0.5) is 0 Å². The number of nitrogens with one attached hydrogen (secondary N) is 1. The summed E-state index contributed by atoms with van der Waals surface area (Å²) in [6.07, 6.45) is 2.37. The van der Waals surface area contributed by atoms with Crippen LogP contribution in [-0.2, 0) is 0 Å². The molecule has 1 fully saturated rings. The second kappa shape index (κ2) is 7.99. The van der Waals surface area contributed by atoms with Crippen LogP contribution in [0.3, 0.4) is 0 Å². The molecule has 112 valence electrons. The summed E-state index contributed by atoms with van der Waals surface area (Å²) in [5.74, 6) is 0. The summed E-state index contributed by atoms with van der Waals surface area (Å²) in [6.45, 7) is 5.91. The number of benzene rings is 1. The summed E-state index contributed by atoms with van der Waals surface area (Å²) in [5, 5.41) is 4.27. The van der Waals surface area contributed by atoms with Crippen molar-refractivity contribution >= 4 is 11.6 Å². The van der Waals surface area contributed by atoms with Gasteiger partial charge in [0.1, 0.15) is 0 Å². The summed E-state index contributed by atoms with van der Waals surface area (Å²) in [7, 11) is 4.23. The van der Waals surface area contributed by atoms with E-state index in [-0.39, 0.29) is 0 Å². The average Bonchev–Trinajstić information content (AvgIpc) is 2.66. The lowest BCUT2D eigenvalue weighted by Gasteiger charge is -2.24. The van der Waals surface area contributed by atoms with Crippen molar-refractivity contribution < 1.29 is 0 Å². The zero-order valence-corrected chi connectivity index (χ0v) is 13.4. The van der Waals surface area contributed by atoms with Crippen LogP contribution in [0.25, 0.3) is 0 Å². The van der Waals surface area contributed by atoms with Crippen LogP contribution >= 0.6 is 11.6 Å². The molecule has 0 spiro atoms. The lowest BCUT2D eigenvalue weighted by molar-refractivity contribution is 0.262. The van der Waals surface area contributed by atoms with Gasteiger partial charge < -0.3 is 15.1 Å². The Morgan fingerprint density at radius 3 is 2.75 bits per heavy atom. The molecule has 1 saturated heterocycles.